The fourth-order valence-corrected chi connectivity index (χ4v) is 1.85. The Labute approximate surface area is 119 Å². The van der Waals surface area contributed by atoms with Gasteiger partial charge in [0.1, 0.15) is 11.6 Å². The molecule has 0 aliphatic heterocycles. The molecule has 0 aliphatic rings. The minimum Gasteiger partial charge on any atom is -0.370 e. The van der Waals surface area contributed by atoms with Crippen LogP contribution in [0.5, 0.6) is 0 Å². The molecule has 108 valence electrons. The van der Waals surface area contributed by atoms with Crippen LogP contribution in [0.2, 0.25) is 0 Å². The summed E-state index contributed by atoms with van der Waals surface area (Å²) in [7, 11) is 0. The number of aryl methyl sites for hydroxylation is 2. The molecule has 2 aromatic rings. The molecule has 0 saturated carbocycles. The Hall–Kier alpha value is -2.11. The zero-order chi connectivity index (χ0) is 14.4. The molecule has 0 unspecified atom stereocenters. The lowest BCUT2D eigenvalue weighted by atomic mass is 10.2. The van der Waals surface area contributed by atoms with E-state index in [2.05, 4.69) is 32.7 Å². The molecule has 0 radical (unpaired) electrons. The van der Waals surface area contributed by atoms with Crippen molar-refractivity contribution in [1.82, 2.24) is 15.1 Å². The SMILES string of the molecule is CCCCCNc1cc(C)nc(Nc2cc(C)on2)n1. The Kier molecular flexibility index (Phi) is 4.92. The minimum atomic E-state index is 0.524. The van der Waals surface area contributed by atoms with E-state index in [0.29, 0.717) is 11.8 Å². The van der Waals surface area contributed by atoms with E-state index in [4.69, 9.17) is 4.52 Å². The van der Waals surface area contributed by atoms with Crippen LogP contribution >= 0.6 is 0 Å². The molecule has 6 heteroatoms. The Balaban J connectivity index is 2.00. The summed E-state index contributed by atoms with van der Waals surface area (Å²) in [6.45, 7) is 6.90. The van der Waals surface area contributed by atoms with Gasteiger partial charge in [0.05, 0.1) is 0 Å². The molecule has 0 atom stereocenters. The fourth-order valence-electron chi connectivity index (χ4n) is 1.85. The maximum atomic E-state index is 5.01. The molecule has 0 saturated heterocycles. The first-order valence-electron chi connectivity index (χ1n) is 6.97. The van der Waals surface area contributed by atoms with Gasteiger partial charge in [0.25, 0.3) is 0 Å². The average molecular weight is 275 g/mol. The van der Waals surface area contributed by atoms with Crippen LogP contribution in [0.3, 0.4) is 0 Å². The van der Waals surface area contributed by atoms with Crippen LogP contribution in [0.1, 0.15) is 37.6 Å². The molecule has 0 bridgehead atoms. The first-order chi connectivity index (χ1) is 9.67. The number of aromatic nitrogens is 3. The summed E-state index contributed by atoms with van der Waals surface area (Å²) in [5.74, 6) is 2.72. The minimum absolute atomic E-state index is 0.524. The summed E-state index contributed by atoms with van der Waals surface area (Å²) in [4.78, 5) is 8.76. The van der Waals surface area contributed by atoms with Crippen molar-refractivity contribution in [2.75, 3.05) is 17.2 Å². The van der Waals surface area contributed by atoms with Crippen molar-refractivity contribution < 1.29 is 4.52 Å². The third kappa shape index (κ3) is 4.22. The highest BCUT2D eigenvalue weighted by atomic mass is 16.5. The highest BCUT2D eigenvalue weighted by molar-refractivity contribution is 5.50. The number of rotatable bonds is 7. The Morgan fingerprint density at radius 1 is 1.10 bits per heavy atom. The van der Waals surface area contributed by atoms with Gasteiger partial charge in [-0.25, -0.2) is 4.98 Å². The largest absolute Gasteiger partial charge is 0.370 e. The number of nitrogens with zero attached hydrogens (tertiary/aromatic N) is 3. The van der Waals surface area contributed by atoms with Gasteiger partial charge in [0, 0.05) is 24.4 Å². The molecule has 2 N–H and O–H groups in total. The molecule has 0 aromatic carbocycles. The predicted molar refractivity (Wildman–Crippen MR) is 79.3 cm³/mol. The number of nitrogens with one attached hydrogen (secondary N) is 2. The van der Waals surface area contributed by atoms with Gasteiger partial charge < -0.3 is 15.2 Å². The molecule has 0 fully saturated rings. The normalized spacial score (nSPS) is 10.6. The van der Waals surface area contributed by atoms with E-state index in [9.17, 15) is 0 Å². The number of anilines is 3. The highest BCUT2D eigenvalue weighted by Gasteiger charge is 2.05. The number of unbranched alkanes of at least 4 members (excludes halogenated alkanes) is 2. The van der Waals surface area contributed by atoms with E-state index in [-0.39, 0.29) is 0 Å². The topological polar surface area (TPSA) is 75.9 Å². The quantitative estimate of drug-likeness (QED) is 0.754. The summed E-state index contributed by atoms with van der Waals surface area (Å²) in [5, 5.41) is 10.2. The standard InChI is InChI=1S/C14H21N5O/c1-4-5-6-7-15-12-8-10(2)16-14(17-12)18-13-9-11(3)20-19-13/h8-9H,4-7H2,1-3H3,(H2,15,16,17,18,19). The Bertz CT molecular complexity index is 552. The van der Waals surface area contributed by atoms with E-state index >= 15 is 0 Å². The van der Waals surface area contributed by atoms with Crippen molar-refractivity contribution in [3.63, 3.8) is 0 Å². The summed E-state index contributed by atoms with van der Waals surface area (Å²) in [6, 6.07) is 3.74. The lowest BCUT2D eigenvalue weighted by molar-refractivity contribution is 0.400. The monoisotopic (exact) mass is 275 g/mol. The predicted octanol–water partition coefficient (Wildman–Crippen LogP) is 3.43. The smallest absolute Gasteiger partial charge is 0.230 e. The van der Waals surface area contributed by atoms with Crippen molar-refractivity contribution >= 4 is 17.6 Å². The van der Waals surface area contributed by atoms with Crippen LogP contribution in [-0.2, 0) is 0 Å². The second-order valence-electron chi connectivity index (χ2n) is 4.80. The third-order valence-electron chi connectivity index (χ3n) is 2.81. The Morgan fingerprint density at radius 2 is 1.95 bits per heavy atom. The van der Waals surface area contributed by atoms with Crippen molar-refractivity contribution in [1.29, 1.82) is 0 Å². The van der Waals surface area contributed by atoms with Crippen LogP contribution in [0, 0.1) is 13.8 Å². The van der Waals surface area contributed by atoms with Gasteiger partial charge in [0.15, 0.2) is 5.82 Å². The molecular formula is C14H21N5O. The summed E-state index contributed by atoms with van der Waals surface area (Å²) in [5.41, 5.74) is 0.903. The zero-order valence-electron chi connectivity index (χ0n) is 12.2. The maximum Gasteiger partial charge on any atom is 0.230 e. The highest BCUT2D eigenvalue weighted by Crippen LogP contribution is 2.15. The molecule has 2 rings (SSSR count). The fraction of sp³-hybridized carbons (Fsp3) is 0.500. The van der Waals surface area contributed by atoms with Gasteiger partial charge >= 0.3 is 0 Å². The van der Waals surface area contributed by atoms with Gasteiger partial charge in [-0.2, -0.15) is 4.98 Å². The molecule has 0 aliphatic carbocycles. The van der Waals surface area contributed by atoms with Crippen LogP contribution in [0.15, 0.2) is 16.7 Å². The second-order valence-corrected chi connectivity index (χ2v) is 4.80. The number of hydrogen-bond acceptors (Lipinski definition) is 6. The van der Waals surface area contributed by atoms with Crippen LogP contribution in [-0.4, -0.2) is 21.7 Å². The van der Waals surface area contributed by atoms with Crippen molar-refractivity contribution in [2.45, 2.75) is 40.0 Å². The lowest BCUT2D eigenvalue weighted by Crippen LogP contribution is -2.06. The molecule has 0 spiro atoms. The third-order valence-corrected chi connectivity index (χ3v) is 2.81. The van der Waals surface area contributed by atoms with Crippen molar-refractivity contribution in [3.05, 3.63) is 23.6 Å². The average Bonchev–Trinajstić information content (AvgIpc) is 2.79. The molecule has 0 amide bonds. The first-order valence-corrected chi connectivity index (χ1v) is 6.97. The molecule has 20 heavy (non-hydrogen) atoms. The molecule has 2 aromatic heterocycles. The maximum absolute atomic E-state index is 5.01. The summed E-state index contributed by atoms with van der Waals surface area (Å²) >= 11 is 0. The van der Waals surface area contributed by atoms with Gasteiger partial charge in [-0.3, -0.25) is 0 Å². The zero-order valence-corrected chi connectivity index (χ0v) is 12.2. The lowest BCUT2D eigenvalue weighted by Gasteiger charge is -2.08. The van der Waals surface area contributed by atoms with E-state index in [1.54, 1.807) is 6.07 Å². The van der Waals surface area contributed by atoms with Gasteiger partial charge in [-0.05, 0) is 20.3 Å². The van der Waals surface area contributed by atoms with Crippen LogP contribution < -0.4 is 10.6 Å². The Morgan fingerprint density at radius 3 is 2.65 bits per heavy atom. The van der Waals surface area contributed by atoms with Crippen molar-refractivity contribution in [2.24, 2.45) is 0 Å². The molecule has 6 nitrogen and oxygen atoms in total. The van der Waals surface area contributed by atoms with E-state index < -0.39 is 0 Å². The van der Waals surface area contributed by atoms with Gasteiger partial charge in [-0.1, -0.05) is 24.9 Å². The van der Waals surface area contributed by atoms with E-state index in [1.807, 2.05) is 19.9 Å². The number of hydrogen-bond donors (Lipinski definition) is 2. The van der Waals surface area contributed by atoms with E-state index in [1.165, 1.54) is 12.8 Å². The van der Waals surface area contributed by atoms with Crippen LogP contribution in [0.4, 0.5) is 17.6 Å². The first kappa shape index (κ1) is 14.3. The summed E-state index contributed by atoms with van der Waals surface area (Å²) < 4.78 is 5.01. The molecular weight excluding hydrogens is 254 g/mol. The molecule has 2 heterocycles. The second kappa shape index (κ2) is 6.88. The summed E-state index contributed by atoms with van der Waals surface area (Å²) in [6.07, 6.45) is 3.58. The van der Waals surface area contributed by atoms with Crippen molar-refractivity contribution in [3.8, 4) is 0 Å². The van der Waals surface area contributed by atoms with E-state index in [0.717, 1.165) is 30.2 Å². The van der Waals surface area contributed by atoms with Gasteiger partial charge in [0.2, 0.25) is 5.95 Å². The van der Waals surface area contributed by atoms with Gasteiger partial charge in [-0.15, -0.1) is 0 Å². The van der Waals surface area contributed by atoms with Crippen LogP contribution in [0.25, 0.3) is 0 Å².